The van der Waals surface area contributed by atoms with Crippen molar-refractivity contribution in [3.63, 3.8) is 0 Å². The SMILES string of the molecule is CCOC(=O)C1CC(c2cc(-c3ccc(Cl)cc3F)c3nc(C)c(C)c(=O)n3n2)=CCO1. The fourth-order valence-corrected chi connectivity index (χ4v) is 3.73. The average Bonchev–Trinajstić information content (AvgIpc) is 2.78. The van der Waals surface area contributed by atoms with E-state index in [-0.39, 0.29) is 41.4 Å². The Bertz CT molecular complexity index is 1320. The monoisotopic (exact) mass is 457 g/mol. The van der Waals surface area contributed by atoms with Crippen LogP contribution in [0.1, 0.15) is 30.3 Å². The molecule has 3 heterocycles. The van der Waals surface area contributed by atoms with Crippen LogP contribution in [0.15, 0.2) is 35.1 Å². The van der Waals surface area contributed by atoms with E-state index in [9.17, 15) is 14.0 Å². The number of hydrogen-bond acceptors (Lipinski definition) is 6. The van der Waals surface area contributed by atoms with Crippen molar-refractivity contribution in [2.75, 3.05) is 13.2 Å². The molecule has 2 aromatic heterocycles. The van der Waals surface area contributed by atoms with Crippen molar-refractivity contribution < 1.29 is 18.7 Å². The minimum absolute atomic E-state index is 0.184. The van der Waals surface area contributed by atoms with Crippen molar-refractivity contribution in [1.82, 2.24) is 14.6 Å². The number of fused-ring (bicyclic) bond motifs is 1. The van der Waals surface area contributed by atoms with Gasteiger partial charge in [-0.1, -0.05) is 17.7 Å². The van der Waals surface area contributed by atoms with Crippen molar-refractivity contribution in [2.45, 2.75) is 33.3 Å². The topological polar surface area (TPSA) is 82.8 Å². The Morgan fingerprint density at radius 1 is 1.31 bits per heavy atom. The predicted octanol–water partition coefficient (Wildman–Crippen LogP) is 3.90. The zero-order valence-electron chi connectivity index (χ0n) is 17.8. The van der Waals surface area contributed by atoms with Gasteiger partial charge in [0.25, 0.3) is 5.56 Å². The molecule has 9 heteroatoms. The van der Waals surface area contributed by atoms with Gasteiger partial charge in [-0.25, -0.2) is 14.2 Å². The van der Waals surface area contributed by atoms with E-state index in [0.717, 1.165) is 0 Å². The summed E-state index contributed by atoms with van der Waals surface area (Å²) in [6.45, 7) is 5.53. The van der Waals surface area contributed by atoms with E-state index in [1.165, 1.54) is 16.6 Å². The third-order valence-electron chi connectivity index (χ3n) is 5.39. The minimum atomic E-state index is -0.780. The van der Waals surface area contributed by atoms with Gasteiger partial charge in [0.1, 0.15) is 5.82 Å². The zero-order chi connectivity index (χ0) is 23.0. The highest BCUT2D eigenvalue weighted by atomic mass is 35.5. The van der Waals surface area contributed by atoms with Gasteiger partial charge in [-0.15, -0.1) is 0 Å². The van der Waals surface area contributed by atoms with Gasteiger partial charge in [0.05, 0.1) is 18.9 Å². The van der Waals surface area contributed by atoms with Crippen molar-refractivity contribution in [2.24, 2.45) is 0 Å². The molecule has 1 aromatic carbocycles. The maximum atomic E-state index is 14.9. The molecule has 32 heavy (non-hydrogen) atoms. The first-order valence-electron chi connectivity index (χ1n) is 10.1. The van der Waals surface area contributed by atoms with Gasteiger partial charge >= 0.3 is 5.97 Å². The smallest absolute Gasteiger partial charge is 0.335 e. The molecule has 166 valence electrons. The Kier molecular flexibility index (Phi) is 6.08. The molecule has 0 bridgehead atoms. The summed E-state index contributed by atoms with van der Waals surface area (Å²) in [5.74, 6) is -1.01. The molecule has 1 unspecified atom stereocenters. The second-order valence-electron chi connectivity index (χ2n) is 7.44. The standard InChI is InChI=1S/C23H21ClFN3O4/c1-4-31-23(30)20-9-14(7-8-32-20)19-11-17(16-6-5-15(24)10-18(16)25)21-26-13(3)12(2)22(29)28(21)27-19/h5-7,10-11,20H,4,8-9H2,1-3H3. The van der Waals surface area contributed by atoms with Crippen LogP contribution in [0.5, 0.6) is 0 Å². The first-order valence-corrected chi connectivity index (χ1v) is 10.5. The van der Waals surface area contributed by atoms with Crippen molar-refractivity contribution in [1.29, 1.82) is 0 Å². The largest absolute Gasteiger partial charge is 0.464 e. The van der Waals surface area contributed by atoms with Crippen molar-refractivity contribution in [3.8, 4) is 11.1 Å². The van der Waals surface area contributed by atoms with Gasteiger partial charge in [-0.05, 0) is 50.6 Å². The molecule has 0 fully saturated rings. The van der Waals surface area contributed by atoms with Crippen LogP contribution in [-0.2, 0) is 14.3 Å². The van der Waals surface area contributed by atoms with Crippen LogP contribution in [0.3, 0.4) is 0 Å². The molecule has 1 aliphatic rings. The van der Waals surface area contributed by atoms with E-state index in [0.29, 0.717) is 28.1 Å². The minimum Gasteiger partial charge on any atom is -0.464 e. The summed E-state index contributed by atoms with van der Waals surface area (Å²) in [5.41, 5.74) is 2.61. The Hall–Kier alpha value is -3.10. The second kappa shape index (κ2) is 8.80. The predicted molar refractivity (Wildman–Crippen MR) is 118 cm³/mol. The quantitative estimate of drug-likeness (QED) is 0.552. The van der Waals surface area contributed by atoms with Crippen LogP contribution < -0.4 is 5.56 Å². The van der Waals surface area contributed by atoms with E-state index in [1.807, 2.05) is 0 Å². The number of benzene rings is 1. The molecule has 0 saturated heterocycles. The zero-order valence-corrected chi connectivity index (χ0v) is 18.6. The molecule has 3 aromatic rings. The van der Waals surface area contributed by atoms with Gasteiger partial charge < -0.3 is 9.47 Å². The molecule has 0 amide bonds. The van der Waals surface area contributed by atoms with Gasteiger partial charge in [0.15, 0.2) is 11.8 Å². The highest BCUT2D eigenvalue weighted by Crippen LogP contribution is 2.32. The Morgan fingerprint density at radius 3 is 2.81 bits per heavy atom. The summed E-state index contributed by atoms with van der Waals surface area (Å²) in [4.78, 5) is 29.7. The Labute approximate surface area is 188 Å². The van der Waals surface area contributed by atoms with Crippen LogP contribution >= 0.6 is 11.6 Å². The number of rotatable bonds is 4. The highest BCUT2D eigenvalue weighted by Gasteiger charge is 2.27. The number of aromatic nitrogens is 3. The summed E-state index contributed by atoms with van der Waals surface area (Å²) in [5, 5.41) is 4.75. The van der Waals surface area contributed by atoms with E-state index in [4.69, 9.17) is 21.1 Å². The summed E-state index contributed by atoms with van der Waals surface area (Å²) < 4.78 is 26.6. The Morgan fingerprint density at radius 2 is 2.09 bits per heavy atom. The molecule has 1 atom stereocenters. The summed E-state index contributed by atoms with van der Waals surface area (Å²) in [6.07, 6.45) is 1.22. The number of esters is 1. The lowest BCUT2D eigenvalue weighted by atomic mass is 9.99. The number of halogens is 2. The third-order valence-corrected chi connectivity index (χ3v) is 5.63. The molecule has 0 saturated carbocycles. The van der Waals surface area contributed by atoms with E-state index < -0.39 is 17.9 Å². The number of carbonyl (C=O) groups is 1. The van der Waals surface area contributed by atoms with Crippen LogP contribution in [0.25, 0.3) is 22.3 Å². The van der Waals surface area contributed by atoms with Gasteiger partial charge in [-0.2, -0.15) is 9.61 Å². The number of hydrogen-bond donors (Lipinski definition) is 0. The average molecular weight is 458 g/mol. The number of nitrogens with zero attached hydrogens (tertiary/aromatic N) is 3. The molecule has 1 aliphatic heterocycles. The van der Waals surface area contributed by atoms with E-state index in [1.54, 1.807) is 39.0 Å². The lowest BCUT2D eigenvalue weighted by molar-refractivity contribution is -0.156. The number of ether oxygens (including phenoxy) is 2. The number of carbonyl (C=O) groups excluding carboxylic acids is 1. The fraction of sp³-hybridized carbons (Fsp3) is 0.304. The lowest BCUT2D eigenvalue weighted by Gasteiger charge is -2.22. The lowest BCUT2D eigenvalue weighted by Crippen LogP contribution is -2.30. The van der Waals surface area contributed by atoms with Crippen LogP contribution in [0, 0.1) is 19.7 Å². The molecule has 0 aliphatic carbocycles. The van der Waals surface area contributed by atoms with Crippen molar-refractivity contribution >= 4 is 28.8 Å². The third kappa shape index (κ3) is 4.03. The van der Waals surface area contributed by atoms with Crippen LogP contribution in [0.4, 0.5) is 4.39 Å². The normalized spacial score (nSPS) is 16.2. The molecule has 0 radical (unpaired) electrons. The Balaban J connectivity index is 1.92. The van der Waals surface area contributed by atoms with Crippen LogP contribution in [0.2, 0.25) is 5.02 Å². The molecule has 0 spiro atoms. The molecule has 4 rings (SSSR count). The summed E-state index contributed by atoms with van der Waals surface area (Å²) in [7, 11) is 0. The molecule has 0 N–H and O–H groups in total. The van der Waals surface area contributed by atoms with E-state index >= 15 is 0 Å². The second-order valence-corrected chi connectivity index (χ2v) is 7.87. The molecule has 7 nitrogen and oxygen atoms in total. The maximum absolute atomic E-state index is 14.9. The van der Waals surface area contributed by atoms with Gasteiger partial charge in [0.2, 0.25) is 0 Å². The first kappa shape index (κ1) is 22.1. The molecular formula is C23H21ClFN3O4. The summed E-state index contributed by atoms with van der Waals surface area (Å²) in [6, 6.07) is 5.98. The van der Waals surface area contributed by atoms with Gasteiger partial charge in [-0.3, -0.25) is 4.79 Å². The van der Waals surface area contributed by atoms with Crippen LogP contribution in [-0.4, -0.2) is 39.9 Å². The fourth-order valence-electron chi connectivity index (χ4n) is 3.57. The summed E-state index contributed by atoms with van der Waals surface area (Å²) >= 11 is 5.93. The number of aryl methyl sites for hydroxylation is 1. The van der Waals surface area contributed by atoms with E-state index in [2.05, 4.69) is 10.1 Å². The maximum Gasteiger partial charge on any atom is 0.335 e. The van der Waals surface area contributed by atoms with Gasteiger partial charge in [0, 0.05) is 33.8 Å². The highest BCUT2D eigenvalue weighted by molar-refractivity contribution is 6.30. The first-order chi connectivity index (χ1) is 15.3. The molecular weight excluding hydrogens is 437 g/mol. The van der Waals surface area contributed by atoms with Crippen molar-refractivity contribution in [3.05, 3.63) is 68.5 Å².